The number of hydrogen-bond donors (Lipinski definition) is 2. The number of amides is 2. The van der Waals surface area contributed by atoms with Crippen LogP contribution in [0.5, 0.6) is 0 Å². The van der Waals surface area contributed by atoms with E-state index >= 15 is 0 Å². The molecule has 1 aromatic heterocycles. The molecule has 0 spiro atoms. The maximum Gasteiger partial charge on any atom is 0.273 e. The summed E-state index contributed by atoms with van der Waals surface area (Å²) in [5, 5.41) is 20.3. The first kappa shape index (κ1) is 18.1. The van der Waals surface area contributed by atoms with Crippen LogP contribution in [-0.4, -0.2) is 33.1 Å². The number of aryl methyl sites for hydroxylation is 2. The van der Waals surface area contributed by atoms with Crippen molar-refractivity contribution in [3.8, 4) is 0 Å². The van der Waals surface area contributed by atoms with Crippen molar-refractivity contribution >= 4 is 23.2 Å². The Morgan fingerprint density at radius 3 is 2.68 bits per heavy atom. The molecule has 9 nitrogen and oxygen atoms in total. The Bertz CT molecular complexity index is 828. The van der Waals surface area contributed by atoms with Gasteiger partial charge in [-0.3, -0.25) is 24.4 Å². The summed E-state index contributed by atoms with van der Waals surface area (Å²) in [6.45, 7) is 4.02. The molecular formula is C16H19N5O4. The molecule has 2 rings (SSSR count). The summed E-state index contributed by atoms with van der Waals surface area (Å²) >= 11 is 0. The summed E-state index contributed by atoms with van der Waals surface area (Å²) in [6, 6.07) is 4.20. The minimum atomic E-state index is -0.555. The van der Waals surface area contributed by atoms with E-state index < -0.39 is 10.8 Å². The van der Waals surface area contributed by atoms with Crippen LogP contribution in [0.3, 0.4) is 0 Å². The van der Waals surface area contributed by atoms with Gasteiger partial charge in [0.15, 0.2) is 0 Å². The van der Waals surface area contributed by atoms with Crippen LogP contribution in [0.25, 0.3) is 0 Å². The van der Waals surface area contributed by atoms with Crippen molar-refractivity contribution in [2.24, 2.45) is 7.05 Å². The van der Waals surface area contributed by atoms with E-state index in [2.05, 4.69) is 15.7 Å². The second-order valence-electron chi connectivity index (χ2n) is 5.50. The van der Waals surface area contributed by atoms with Crippen LogP contribution in [0, 0.1) is 17.0 Å². The second kappa shape index (κ2) is 7.56. The lowest BCUT2D eigenvalue weighted by Crippen LogP contribution is -2.27. The molecule has 0 unspecified atom stereocenters. The first-order valence-electron chi connectivity index (χ1n) is 7.71. The number of aromatic nitrogens is 2. The van der Waals surface area contributed by atoms with Crippen LogP contribution >= 0.6 is 0 Å². The van der Waals surface area contributed by atoms with E-state index in [1.54, 1.807) is 14.0 Å². The van der Waals surface area contributed by atoms with Crippen molar-refractivity contribution in [2.45, 2.75) is 20.3 Å². The van der Waals surface area contributed by atoms with Crippen molar-refractivity contribution in [1.82, 2.24) is 15.1 Å². The third-order valence-electron chi connectivity index (χ3n) is 3.61. The van der Waals surface area contributed by atoms with E-state index in [9.17, 15) is 19.7 Å². The quantitative estimate of drug-likeness (QED) is 0.613. The van der Waals surface area contributed by atoms with Crippen molar-refractivity contribution in [1.29, 1.82) is 0 Å². The van der Waals surface area contributed by atoms with Gasteiger partial charge >= 0.3 is 0 Å². The van der Waals surface area contributed by atoms with E-state index in [1.807, 2.05) is 6.92 Å². The molecule has 2 N–H and O–H groups in total. The largest absolute Gasteiger partial charge is 0.351 e. The molecule has 0 bridgehead atoms. The topological polar surface area (TPSA) is 119 Å². The molecule has 0 aliphatic carbocycles. The highest BCUT2D eigenvalue weighted by Gasteiger charge is 2.20. The van der Waals surface area contributed by atoms with Gasteiger partial charge in [-0.15, -0.1) is 0 Å². The van der Waals surface area contributed by atoms with E-state index in [-0.39, 0.29) is 28.5 Å². The average molecular weight is 345 g/mol. The molecule has 0 aliphatic rings. The molecule has 132 valence electrons. The first-order chi connectivity index (χ1) is 11.8. The number of carbonyl (C=O) groups excluding carboxylic acids is 2. The summed E-state index contributed by atoms with van der Waals surface area (Å²) in [7, 11) is 1.59. The lowest BCUT2D eigenvalue weighted by molar-refractivity contribution is -0.385. The predicted molar refractivity (Wildman–Crippen MR) is 91.6 cm³/mol. The van der Waals surface area contributed by atoms with Gasteiger partial charge in [-0.05, 0) is 19.4 Å². The number of nitro groups is 1. The second-order valence-corrected chi connectivity index (χ2v) is 5.50. The molecule has 0 saturated heterocycles. The van der Waals surface area contributed by atoms with Gasteiger partial charge in [-0.25, -0.2) is 0 Å². The Morgan fingerprint density at radius 1 is 1.32 bits per heavy atom. The lowest BCUT2D eigenvalue weighted by atomic mass is 10.1. The molecule has 0 saturated carbocycles. The SMILES string of the molecule is CCCNC(=O)c1c(NC(=O)c2ccc(C)c([N+](=O)[O-])c2)cnn1C. The third kappa shape index (κ3) is 4.00. The number of anilines is 1. The molecule has 0 atom stereocenters. The molecule has 25 heavy (non-hydrogen) atoms. The molecule has 9 heteroatoms. The van der Waals surface area contributed by atoms with Crippen LogP contribution in [0.4, 0.5) is 11.4 Å². The van der Waals surface area contributed by atoms with Gasteiger partial charge in [-0.1, -0.05) is 13.0 Å². The zero-order chi connectivity index (χ0) is 18.6. The molecule has 2 amide bonds. The van der Waals surface area contributed by atoms with Crippen LogP contribution in [0.1, 0.15) is 39.8 Å². The number of hydrogen-bond acceptors (Lipinski definition) is 5. The Kier molecular flexibility index (Phi) is 5.48. The zero-order valence-electron chi connectivity index (χ0n) is 14.2. The highest BCUT2D eigenvalue weighted by molar-refractivity contribution is 6.08. The average Bonchev–Trinajstić information content (AvgIpc) is 2.93. The number of benzene rings is 1. The van der Waals surface area contributed by atoms with Gasteiger partial charge in [0.05, 0.1) is 16.8 Å². The molecule has 1 aromatic carbocycles. The smallest absolute Gasteiger partial charge is 0.273 e. The van der Waals surface area contributed by atoms with E-state index in [0.29, 0.717) is 12.1 Å². The van der Waals surface area contributed by atoms with Gasteiger partial charge in [-0.2, -0.15) is 5.10 Å². The van der Waals surface area contributed by atoms with Gasteiger partial charge in [0.1, 0.15) is 5.69 Å². The number of nitro benzene ring substituents is 1. The maximum absolute atomic E-state index is 12.4. The molecular weight excluding hydrogens is 326 g/mol. The van der Waals surface area contributed by atoms with Gasteiger partial charge in [0.25, 0.3) is 17.5 Å². The summed E-state index contributed by atoms with van der Waals surface area (Å²) in [5.41, 5.74) is 0.899. The molecule has 2 aromatic rings. The highest BCUT2D eigenvalue weighted by Crippen LogP contribution is 2.21. The number of rotatable bonds is 6. The Labute approximate surface area is 144 Å². The molecule has 0 radical (unpaired) electrons. The summed E-state index contributed by atoms with van der Waals surface area (Å²) < 4.78 is 1.36. The fourth-order valence-electron chi connectivity index (χ4n) is 2.26. The van der Waals surface area contributed by atoms with Gasteiger partial charge in [0, 0.05) is 30.8 Å². The molecule has 0 aliphatic heterocycles. The first-order valence-corrected chi connectivity index (χ1v) is 7.71. The van der Waals surface area contributed by atoms with Crippen LogP contribution in [0.15, 0.2) is 24.4 Å². The Morgan fingerprint density at radius 2 is 2.04 bits per heavy atom. The Balaban J connectivity index is 2.26. The van der Waals surface area contributed by atoms with E-state index in [4.69, 9.17) is 0 Å². The van der Waals surface area contributed by atoms with E-state index in [1.165, 1.54) is 29.1 Å². The summed E-state index contributed by atoms with van der Waals surface area (Å²) in [4.78, 5) is 35.1. The van der Waals surface area contributed by atoms with E-state index in [0.717, 1.165) is 6.42 Å². The predicted octanol–water partition coefficient (Wildman–Crippen LogP) is 2.03. The fraction of sp³-hybridized carbons (Fsp3) is 0.312. The van der Waals surface area contributed by atoms with Crippen LogP contribution in [0.2, 0.25) is 0 Å². The Hall–Kier alpha value is -3.23. The number of nitrogens with one attached hydrogen (secondary N) is 2. The monoisotopic (exact) mass is 345 g/mol. The van der Waals surface area contributed by atoms with Crippen molar-refractivity contribution in [3.05, 3.63) is 51.3 Å². The molecule has 0 fully saturated rings. The van der Waals surface area contributed by atoms with Crippen LogP contribution in [-0.2, 0) is 7.05 Å². The standard InChI is InChI=1S/C16H19N5O4/c1-4-7-17-16(23)14-12(9-18-20(14)3)19-15(22)11-6-5-10(2)13(8-11)21(24)25/h5-6,8-9H,4,7H2,1-3H3,(H,17,23)(H,19,22). The number of nitrogens with zero attached hydrogens (tertiary/aromatic N) is 3. The van der Waals surface area contributed by atoms with Crippen LogP contribution < -0.4 is 10.6 Å². The normalized spacial score (nSPS) is 10.4. The summed E-state index contributed by atoms with van der Waals surface area (Å²) in [5.74, 6) is -0.910. The highest BCUT2D eigenvalue weighted by atomic mass is 16.6. The minimum absolute atomic E-state index is 0.126. The maximum atomic E-state index is 12.4. The summed E-state index contributed by atoms with van der Waals surface area (Å²) in [6.07, 6.45) is 2.14. The number of carbonyl (C=O) groups is 2. The van der Waals surface area contributed by atoms with Crippen molar-refractivity contribution < 1.29 is 14.5 Å². The van der Waals surface area contributed by atoms with Gasteiger partial charge < -0.3 is 10.6 Å². The minimum Gasteiger partial charge on any atom is -0.351 e. The molecule has 1 heterocycles. The van der Waals surface area contributed by atoms with Crippen molar-refractivity contribution in [2.75, 3.05) is 11.9 Å². The fourth-order valence-corrected chi connectivity index (χ4v) is 2.26. The lowest BCUT2D eigenvalue weighted by Gasteiger charge is -2.08. The van der Waals surface area contributed by atoms with Gasteiger partial charge in [0.2, 0.25) is 0 Å². The van der Waals surface area contributed by atoms with Crippen molar-refractivity contribution in [3.63, 3.8) is 0 Å². The third-order valence-corrected chi connectivity index (χ3v) is 3.61. The zero-order valence-corrected chi connectivity index (χ0v) is 14.2.